The highest BCUT2D eigenvalue weighted by molar-refractivity contribution is 6.33. The first kappa shape index (κ1) is 15.3. The van der Waals surface area contributed by atoms with Crippen molar-refractivity contribution in [3.05, 3.63) is 53.1 Å². The molecule has 1 aliphatic heterocycles. The zero-order chi connectivity index (χ0) is 15.4. The van der Waals surface area contributed by atoms with Gasteiger partial charge in [-0.15, -0.1) is 0 Å². The summed E-state index contributed by atoms with van der Waals surface area (Å²) in [6, 6.07) is 4.06. The van der Waals surface area contributed by atoms with Gasteiger partial charge >= 0.3 is 0 Å². The largest absolute Gasteiger partial charge is 0.369 e. The lowest BCUT2D eigenvalue weighted by molar-refractivity contribution is 0.360. The number of nitrogens with zero attached hydrogens (tertiary/aromatic N) is 4. The van der Waals surface area contributed by atoms with Crippen molar-refractivity contribution in [2.75, 3.05) is 38.1 Å². The molecule has 2 aromatic rings. The zero-order valence-corrected chi connectivity index (χ0v) is 13.6. The monoisotopic (exact) mass is 316 g/mol. The predicted molar refractivity (Wildman–Crippen MR) is 90.6 cm³/mol. The van der Waals surface area contributed by atoms with E-state index in [1.807, 2.05) is 18.5 Å². The minimum atomic E-state index is 0.742. The summed E-state index contributed by atoms with van der Waals surface area (Å²) in [5, 5.41) is 0.742. The summed E-state index contributed by atoms with van der Waals surface area (Å²) in [6.45, 7) is 4.23. The second kappa shape index (κ2) is 7.07. The van der Waals surface area contributed by atoms with Crippen LogP contribution in [0, 0.1) is 0 Å². The van der Waals surface area contributed by atoms with Crippen LogP contribution in [0.25, 0.3) is 0 Å². The number of aromatic nitrogens is 2. The molecule has 22 heavy (non-hydrogen) atoms. The van der Waals surface area contributed by atoms with Crippen LogP contribution in [0.3, 0.4) is 0 Å². The van der Waals surface area contributed by atoms with Crippen LogP contribution < -0.4 is 4.90 Å². The number of anilines is 1. The van der Waals surface area contributed by atoms with Crippen LogP contribution >= 0.6 is 11.6 Å². The molecule has 0 bridgehead atoms. The number of hydrogen-bond donors (Lipinski definition) is 0. The lowest BCUT2D eigenvalue weighted by Crippen LogP contribution is -2.29. The van der Waals surface area contributed by atoms with Gasteiger partial charge in [0.15, 0.2) is 0 Å². The maximum Gasteiger partial charge on any atom is 0.0825 e. The van der Waals surface area contributed by atoms with Crippen LogP contribution in [0.2, 0.25) is 5.02 Å². The van der Waals surface area contributed by atoms with E-state index in [9.17, 15) is 0 Å². The fourth-order valence-electron chi connectivity index (χ4n) is 2.94. The summed E-state index contributed by atoms with van der Waals surface area (Å²) in [6.07, 6.45) is 9.35. The highest BCUT2D eigenvalue weighted by Gasteiger charge is 2.18. The summed E-state index contributed by atoms with van der Waals surface area (Å²) >= 11 is 6.49. The SMILES string of the molecule is CN1CCCN(c2c(Cl)cncc2Cc2cccnc2)CC1. The smallest absolute Gasteiger partial charge is 0.0825 e. The molecule has 0 amide bonds. The Morgan fingerprint density at radius 3 is 2.82 bits per heavy atom. The molecule has 4 nitrogen and oxygen atoms in total. The van der Waals surface area contributed by atoms with E-state index in [2.05, 4.69) is 32.9 Å². The highest BCUT2D eigenvalue weighted by atomic mass is 35.5. The van der Waals surface area contributed by atoms with Gasteiger partial charge in [-0.1, -0.05) is 17.7 Å². The number of likely N-dealkylation sites (N-methyl/N-ethyl adjacent to an activating group) is 1. The standard InChI is InChI=1S/C17H21ClN4/c1-21-6-3-7-22(9-8-21)17-15(12-20-13-16(17)18)10-14-4-2-5-19-11-14/h2,4-5,11-13H,3,6-10H2,1H3. The van der Waals surface area contributed by atoms with Gasteiger partial charge in [0.1, 0.15) is 0 Å². The molecular formula is C17H21ClN4. The minimum absolute atomic E-state index is 0.742. The van der Waals surface area contributed by atoms with Gasteiger partial charge in [0.2, 0.25) is 0 Å². The number of halogens is 1. The van der Waals surface area contributed by atoms with E-state index in [0.29, 0.717) is 0 Å². The van der Waals surface area contributed by atoms with Crippen molar-refractivity contribution in [2.45, 2.75) is 12.8 Å². The van der Waals surface area contributed by atoms with Crippen LogP contribution in [0.1, 0.15) is 17.5 Å². The summed E-state index contributed by atoms with van der Waals surface area (Å²) in [5.74, 6) is 0. The molecule has 0 atom stereocenters. The van der Waals surface area contributed by atoms with Gasteiger partial charge in [-0.3, -0.25) is 9.97 Å². The summed E-state index contributed by atoms with van der Waals surface area (Å²) in [5.41, 5.74) is 3.49. The fourth-order valence-corrected chi connectivity index (χ4v) is 3.24. The average Bonchev–Trinajstić information content (AvgIpc) is 2.73. The maximum absolute atomic E-state index is 6.49. The first-order chi connectivity index (χ1) is 10.7. The third-order valence-corrected chi connectivity index (χ3v) is 4.38. The maximum atomic E-state index is 6.49. The Labute approximate surface area is 136 Å². The van der Waals surface area contributed by atoms with Crippen molar-refractivity contribution in [3.8, 4) is 0 Å². The van der Waals surface area contributed by atoms with Crippen molar-refractivity contribution in [2.24, 2.45) is 0 Å². The molecule has 3 heterocycles. The molecule has 5 heteroatoms. The molecule has 1 aliphatic rings. The first-order valence-corrected chi connectivity index (χ1v) is 8.06. The van der Waals surface area contributed by atoms with Gasteiger partial charge in [-0.25, -0.2) is 0 Å². The highest BCUT2D eigenvalue weighted by Crippen LogP contribution is 2.31. The van der Waals surface area contributed by atoms with E-state index in [4.69, 9.17) is 11.6 Å². The molecule has 1 fully saturated rings. The van der Waals surface area contributed by atoms with Gasteiger partial charge in [-0.05, 0) is 37.2 Å². The Morgan fingerprint density at radius 1 is 1.09 bits per heavy atom. The molecular weight excluding hydrogens is 296 g/mol. The van der Waals surface area contributed by atoms with Gasteiger partial charge in [0.05, 0.1) is 10.7 Å². The van der Waals surface area contributed by atoms with E-state index < -0.39 is 0 Å². The number of rotatable bonds is 3. The first-order valence-electron chi connectivity index (χ1n) is 7.69. The van der Waals surface area contributed by atoms with Crippen LogP contribution in [0.4, 0.5) is 5.69 Å². The van der Waals surface area contributed by atoms with Crippen LogP contribution in [-0.4, -0.2) is 48.1 Å². The second-order valence-corrected chi connectivity index (χ2v) is 6.22. The Bertz CT molecular complexity index is 617. The molecule has 2 aromatic heterocycles. The number of pyridine rings is 2. The van der Waals surface area contributed by atoms with E-state index in [1.54, 1.807) is 12.4 Å². The summed E-state index contributed by atoms with van der Waals surface area (Å²) in [7, 11) is 2.17. The molecule has 116 valence electrons. The molecule has 0 radical (unpaired) electrons. The third kappa shape index (κ3) is 3.57. The molecule has 0 unspecified atom stereocenters. The average molecular weight is 317 g/mol. The Hall–Kier alpha value is -1.65. The van der Waals surface area contributed by atoms with Crippen molar-refractivity contribution in [3.63, 3.8) is 0 Å². The molecule has 0 spiro atoms. The van der Waals surface area contributed by atoms with Gasteiger partial charge < -0.3 is 9.80 Å². The van der Waals surface area contributed by atoms with E-state index in [1.165, 1.54) is 11.1 Å². The van der Waals surface area contributed by atoms with Crippen LogP contribution in [-0.2, 0) is 6.42 Å². The van der Waals surface area contributed by atoms with E-state index >= 15 is 0 Å². The van der Waals surface area contributed by atoms with E-state index in [0.717, 1.165) is 49.7 Å². The van der Waals surface area contributed by atoms with Crippen molar-refractivity contribution < 1.29 is 0 Å². The Kier molecular flexibility index (Phi) is 4.90. The van der Waals surface area contributed by atoms with Crippen LogP contribution in [0.5, 0.6) is 0 Å². The quantitative estimate of drug-likeness (QED) is 0.871. The topological polar surface area (TPSA) is 32.3 Å². The zero-order valence-electron chi connectivity index (χ0n) is 12.9. The lowest BCUT2D eigenvalue weighted by atomic mass is 10.1. The lowest BCUT2D eigenvalue weighted by Gasteiger charge is -2.26. The Balaban J connectivity index is 1.89. The third-order valence-electron chi connectivity index (χ3n) is 4.10. The summed E-state index contributed by atoms with van der Waals surface area (Å²) in [4.78, 5) is 13.3. The summed E-state index contributed by atoms with van der Waals surface area (Å²) < 4.78 is 0. The minimum Gasteiger partial charge on any atom is -0.369 e. The molecule has 0 N–H and O–H groups in total. The molecule has 0 aromatic carbocycles. The number of hydrogen-bond acceptors (Lipinski definition) is 4. The molecule has 0 aliphatic carbocycles. The van der Waals surface area contributed by atoms with Gasteiger partial charge in [-0.2, -0.15) is 0 Å². The molecule has 0 saturated carbocycles. The molecule has 1 saturated heterocycles. The predicted octanol–water partition coefficient (Wildman–Crippen LogP) is 2.86. The van der Waals surface area contributed by atoms with Crippen molar-refractivity contribution >= 4 is 17.3 Å². The fraction of sp³-hybridized carbons (Fsp3) is 0.412. The normalized spacial score (nSPS) is 16.5. The van der Waals surface area contributed by atoms with Crippen molar-refractivity contribution in [1.29, 1.82) is 0 Å². The van der Waals surface area contributed by atoms with Gasteiger partial charge in [0, 0.05) is 50.8 Å². The second-order valence-electron chi connectivity index (χ2n) is 5.81. The molecule has 3 rings (SSSR count). The van der Waals surface area contributed by atoms with E-state index in [-0.39, 0.29) is 0 Å². The Morgan fingerprint density at radius 2 is 2.00 bits per heavy atom. The van der Waals surface area contributed by atoms with Crippen LogP contribution in [0.15, 0.2) is 36.9 Å². The van der Waals surface area contributed by atoms with Gasteiger partial charge in [0.25, 0.3) is 0 Å². The van der Waals surface area contributed by atoms with Crippen molar-refractivity contribution in [1.82, 2.24) is 14.9 Å².